The van der Waals surface area contributed by atoms with Crippen molar-refractivity contribution in [3.8, 4) is 5.75 Å². The van der Waals surface area contributed by atoms with Gasteiger partial charge in [-0.2, -0.15) is 0 Å². The lowest BCUT2D eigenvalue weighted by Gasteiger charge is -2.43. The number of β-amino-alcohol motifs (C(OH)–C–C–N with tert-alkyl or cyclic N) is 1. The Morgan fingerprint density at radius 2 is 2.00 bits per heavy atom. The number of aliphatic hydroxyl groups is 1. The van der Waals surface area contributed by atoms with Gasteiger partial charge in [-0.3, -0.25) is 14.5 Å². The molecule has 168 valence electrons. The number of fused-ring (bicyclic) bond motifs is 2. The molecule has 3 aliphatic rings. The second-order valence-corrected chi connectivity index (χ2v) is 8.88. The van der Waals surface area contributed by atoms with Crippen molar-refractivity contribution in [3.05, 3.63) is 59.2 Å². The molecule has 5 rings (SSSR count). The van der Waals surface area contributed by atoms with Crippen LogP contribution in [0.1, 0.15) is 41.3 Å². The van der Waals surface area contributed by atoms with Crippen LogP contribution < -0.4 is 10.1 Å². The summed E-state index contributed by atoms with van der Waals surface area (Å²) >= 11 is 0. The Kier molecular flexibility index (Phi) is 5.61. The van der Waals surface area contributed by atoms with Gasteiger partial charge in [-0.1, -0.05) is 31.2 Å². The van der Waals surface area contributed by atoms with Gasteiger partial charge >= 0.3 is 0 Å². The predicted molar refractivity (Wildman–Crippen MR) is 121 cm³/mol. The van der Waals surface area contributed by atoms with Gasteiger partial charge in [-0.15, -0.1) is 0 Å². The van der Waals surface area contributed by atoms with E-state index in [9.17, 15) is 14.7 Å². The lowest BCUT2D eigenvalue weighted by atomic mass is 9.94. The summed E-state index contributed by atoms with van der Waals surface area (Å²) in [5, 5.41) is 13.7. The van der Waals surface area contributed by atoms with E-state index >= 15 is 0 Å². The van der Waals surface area contributed by atoms with Crippen molar-refractivity contribution in [2.75, 3.05) is 25.0 Å². The fourth-order valence-electron chi connectivity index (χ4n) is 5.07. The summed E-state index contributed by atoms with van der Waals surface area (Å²) in [5.41, 5.74) is 3.72. The Hall–Kier alpha value is -2.90. The molecular formula is C25H29N3O4. The minimum atomic E-state index is -0.594. The molecule has 1 fully saturated rings. The maximum Gasteiger partial charge on any atom is 0.265 e. The van der Waals surface area contributed by atoms with Crippen molar-refractivity contribution < 1.29 is 19.4 Å². The second-order valence-electron chi connectivity index (χ2n) is 8.88. The first-order chi connectivity index (χ1) is 15.5. The summed E-state index contributed by atoms with van der Waals surface area (Å²) in [6.45, 7) is 4.56. The number of carbonyl (C=O) groups is 2. The Bertz CT molecular complexity index is 1040. The maximum absolute atomic E-state index is 13.1. The van der Waals surface area contributed by atoms with Crippen LogP contribution in [-0.2, 0) is 17.8 Å². The number of nitrogens with zero attached hydrogens (tertiary/aromatic N) is 2. The third kappa shape index (κ3) is 3.87. The smallest absolute Gasteiger partial charge is 0.265 e. The summed E-state index contributed by atoms with van der Waals surface area (Å²) in [7, 11) is 0. The number of hydrogen-bond acceptors (Lipinski definition) is 5. The molecule has 2 N–H and O–H groups in total. The zero-order chi connectivity index (χ0) is 22.2. The molecule has 0 bridgehead atoms. The number of ether oxygens (including phenoxy) is 1. The molecule has 0 aromatic heterocycles. The molecule has 3 atom stereocenters. The third-order valence-electron chi connectivity index (χ3n) is 6.88. The monoisotopic (exact) mass is 435 g/mol. The van der Waals surface area contributed by atoms with Crippen molar-refractivity contribution in [1.29, 1.82) is 0 Å². The van der Waals surface area contributed by atoms with Gasteiger partial charge in [0.05, 0.1) is 11.8 Å². The molecule has 2 aromatic carbocycles. The van der Waals surface area contributed by atoms with Crippen molar-refractivity contribution in [3.63, 3.8) is 0 Å². The summed E-state index contributed by atoms with van der Waals surface area (Å²) in [6, 6.07) is 13.7. The number of piperidine rings is 1. The van der Waals surface area contributed by atoms with E-state index in [1.165, 1.54) is 11.1 Å². The lowest BCUT2D eigenvalue weighted by Crippen LogP contribution is -2.56. The van der Waals surface area contributed by atoms with Crippen LogP contribution in [-0.4, -0.2) is 64.6 Å². The Balaban J connectivity index is 1.25. The van der Waals surface area contributed by atoms with Crippen molar-refractivity contribution in [1.82, 2.24) is 9.80 Å². The van der Waals surface area contributed by atoms with Crippen LogP contribution in [0.3, 0.4) is 0 Å². The predicted octanol–water partition coefficient (Wildman–Crippen LogP) is 2.43. The van der Waals surface area contributed by atoms with Crippen molar-refractivity contribution >= 4 is 17.5 Å². The SMILES string of the molecule is CCC1Oc2ccc(C(=O)N3CC[C@@H](N4CCc5ccccc5C4)[C@H](O)C3)cc2NC1=O. The molecule has 0 aliphatic carbocycles. The van der Waals surface area contributed by atoms with Crippen LogP contribution in [0.5, 0.6) is 5.75 Å². The van der Waals surface area contributed by atoms with Gasteiger partial charge in [0.2, 0.25) is 0 Å². The lowest BCUT2D eigenvalue weighted by molar-refractivity contribution is -0.123. The highest BCUT2D eigenvalue weighted by atomic mass is 16.5. The van der Waals surface area contributed by atoms with E-state index in [0.717, 1.165) is 25.9 Å². The number of likely N-dealkylation sites (tertiary alicyclic amines) is 1. The molecule has 32 heavy (non-hydrogen) atoms. The van der Waals surface area contributed by atoms with Crippen LogP contribution in [0.15, 0.2) is 42.5 Å². The van der Waals surface area contributed by atoms with E-state index in [2.05, 4.69) is 34.5 Å². The van der Waals surface area contributed by atoms with Gasteiger partial charge in [-0.25, -0.2) is 0 Å². The van der Waals surface area contributed by atoms with E-state index < -0.39 is 12.2 Å². The van der Waals surface area contributed by atoms with E-state index in [4.69, 9.17) is 4.74 Å². The van der Waals surface area contributed by atoms with Crippen molar-refractivity contribution in [2.24, 2.45) is 0 Å². The standard InChI is InChI=1S/C25H29N3O4/c1-2-22-24(30)26-19-13-17(7-8-23(19)32-22)25(31)28-12-10-20(21(29)15-28)27-11-9-16-5-3-4-6-18(16)14-27/h3-8,13,20-22,29H,2,9-12,14-15H2,1H3,(H,26,30)/t20-,21-,22?/m1/s1. The number of benzene rings is 2. The number of aliphatic hydroxyl groups excluding tert-OH is 1. The fourth-order valence-corrected chi connectivity index (χ4v) is 5.07. The highest BCUT2D eigenvalue weighted by Gasteiger charge is 2.36. The molecule has 3 aliphatic heterocycles. The van der Waals surface area contributed by atoms with E-state index in [1.54, 1.807) is 23.1 Å². The molecule has 7 heteroatoms. The largest absolute Gasteiger partial charge is 0.478 e. The van der Waals surface area contributed by atoms with Gasteiger partial charge in [0, 0.05) is 37.8 Å². The molecule has 0 spiro atoms. The van der Waals surface area contributed by atoms with E-state index in [-0.39, 0.29) is 17.9 Å². The summed E-state index contributed by atoms with van der Waals surface area (Å²) in [6.07, 6.45) is 1.22. The molecular weight excluding hydrogens is 406 g/mol. The molecule has 0 saturated carbocycles. The van der Waals surface area contributed by atoms with E-state index in [1.807, 2.05) is 6.92 Å². The Morgan fingerprint density at radius 1 is 1.19 bits per heavy atom. The van der Waals surface area contributed by atoms with Gasteiger partial charge in [0.25, 0.3) is 11.8 Å². The Morgan fingerprint density at radius 3 is 2.78 bits per heavy atom. The average Bonchev–Trinajstić information content (AvgIpc) is 2.82. The van der Waals surface area contributed by atoms with Crippen molar-refractivity contribution in [2.45, 2.75) is 51.0 Å². The minimum Gasteiger partial charge on any atom is -0.478 e. The second kappa shape index (κ2) is 8.56. The van der Waals surface area contributed by atoms with E-state index in [0.29, 0.717) is 36.5 Å². The molecule has 0 radical (unpaired) electrons. The first-order valence-corrected chi connectivity index (χ1v) is 11.4. The minimum absolute atomic E-state index is 0.0506. The summed E-state index contributed by atoms with van der Waals surface area (Å²) in [5.74, 6) is 0.252. The van der Waals surface area contributed by atoms with Crippen LogP contribution in [0.2, 0.25) is 0 Å². The topological polar surface area (TPSA) is 82.1 Å². The first kappa shape index (κ1) is 21.0. The maximum atomic E-state index is 13.1. The molecule has 3 heterocycles. The molecule has 1 unspecified atom stereocenters. The number of carbonyl (C=O) groups excluding carboxylic acids is 2. The zero-order valence-electron chi connectivity index (χ0n) is 18.3. The normalized spacial score (nSPS) is 25.4. The van der Waals surface area contributed by atoms with Gasteiger partial charge in [-0.05, 0) is 48.6 Å². The van der Waals surface area contributed by atoms with Crippen LogP contribution in [0.4, 0.5) is 5.69 Å². The summed E-state index contributed by atoms with van der Waals surface area (Å²) < 4.78 is 5.71. The quantitative estimate of drug-likeness (QED) is 0.774. The van der Waals surface area contributed by atoms with Crippen LogP contribution >= 0.6 is 0 Å². The number of anilines is 1. The molecule has 1 saturated heterocycles. The highest BCUT2D eigenvalue weighted by molar-refractivity contribution is 6.01. The number of rotatable bonds is 3. The summed E-state index contributed by atoms with van der Waals surface area (Å²) in [4.78, 5) is 29.3. The highest BCUT2D eigenvalue weighted by Crippen LogP contribution is 2.32. The number of hydrogen-bond donors (Lipinski definition) is 2. The van der Waals surface area contributed by atoms with Crippen LogP contribution in [0.25, 0.3) is 0 Å². The van der Waals surface area contributed by atoms with Gasteiger partial charge < -0.3 is 20.1 Å². The molecule has 2 amide bonds. The molecule has 7 nitrogen and oxygen atoms in total. The number of nitrogens with one attached hydrogen (secondary N) is 1. The molecule has 2 aromatic rings. The zero-order valence-corrected chi connectivity index (χ0v) is 18.3. The average molecular weight is 436 g/mol. The number of amides is 2. The third-order valence-corrected chi connectivity index (χ3v) is 6.88. The van der Waals surface area contributed by atoms with Crippen LogP contribution in [0, 0.1) is 0 Å². The fraction of sp³-hybridized carbons (Fsp3) is 0.440. The first-order valence-electron chi connectivity index (χ1n) is 11.4. The Labute approximate surface area is 188 Å². The van der Waals surface area contributed by atoms with Gasteiger partial charge in [0.15, 0.2) is 6.10 Å². The van der Waals surface area contributed by atoms with Gasteiger partial charge in [0.1, 0.15) is 5.75 Å².